The molecular weight excluding hydrogens is 507 g/mol. The lowest BCUT2D eigenvalue weighted by Crippen LogP contribution is -2.26. The third kappa shape index (κ3) is 6.24. The van der Waals surface area contributed by atoms with Gasteiger partial charge in [0.2, 0.25) is 5.95 Å². The van der Waals surface area contributed by atoms with Crippen LogP contribution in [0.5, 0.6) is 0 Å². The van der Waals surface area contributed by atoms with Crippen LogP contribution in [0.3, 0.4) is 0 Å². The molecule has 0 spiro atoms. The van der Waals surface area contributed by atoms with Crippen molar-refractivity contribution in [2.75, 3.05) is 12.3 Å². The molecule has 0 aromatic carbocycles. The highest BCUT2D eigenvalue weighted by atomic mass is 32.1. The number of nitrogens with one attached hydrogen (secondary N) is 1. The molecule has 0 aliphatic carbocycles. The number of nitrogens with zero attached hydrogens (tertiary/aromatic N) is 3. The van der Waals surface area contributed by atoms with Crippen molar-refractivity contribution < 1.29 is 56.3 Å². The summed E-state index contributed by atoms with van der Waals surface area (Å²) in [5, 5.41) is 10.2. The first-order chi connectivity index (χ1) is 14.2. The zero-order valence-corrected chi connectivity index (χ0v) is 18.5. The minimum atomic E-state index is -5.65. The normalized spacial score (nSPS) is 26.0. The van der Waals surface area contributed by atoms with Gasteiger partial charge in [0.1, 0.15) is 22.5 Å². The van der Waals surface area contributed by atoms with Crippen LogP contribution in [-0.2, 0) is 31.6 Å². The number of nitrogens with two attached hydrogens (primary N) is 1. The molecule has 174 valence electrons. The molecule has 2 aromatic heterocycles. The number of nitrogen functional groups attached to an aromatic ring is 1. The number of H-pyrrole nitrogens is 1. The standard InChI is InChI=1S/C10H16N5O12P3S/c11-10-13-8-7(9(31)14-10)12-3-15(8)6-1-4(16)5(25-6)2-24-29(20,21)27-30(22,23)26-28(17,18)19/h3-6,16H,1-2H2,(H,20,21)(H,22,23)(H2,17,18,19)(H3,11,13,14,31)/t4?,5-,6-/m1/s1. The van der Waals surface area contributed by atoms with E-state index in [0.29, 0.717) is 5.52 Å². The Balaban J connectivity index is 1.67. The first kappa shape index (κ1) is 24.5. The average molecular weight is 523 g/mol. The quantitative estimate of drug-likeness (QED) is 0.178. The van der Waals surface area contributed by atoms with Crippen molar-refractivity contribution >= 4 is 52.8 Å². The van der Waals surface area contributed by atoms with Crippen LogP contribution < -0.4 is 5.73 Å². The highest BCUT2D eigenvalue weighted by Crippen LogP contribution is 2.66. The summed E-state index contributed by atoms with van der Waals surface area (Å²) >= 11 is 5.10. The molecule has 0 amide bonds. The van der Waals surface area contributed by atoms with E-state index in [9.17, 15) is 23.7 Å². The summed E-state index contributed by atoms with van der Waals surface area (Å²) in [7, 11) is -16.5. The van der Waals surface area contributed by atoms with Gasteiger partial charge in [0.15, 0.2) is 5.65 Å². The summed E-state index contributed by atoms with van der Waals surface area (Å²) in [5.74, 6) is 0.0157. The van der Waals surface area contributed by atoms with Crippen molar-refractivity contribution in [1.29, 1.82) is 0 Å². The molecule has 1 saturated heterocycles. The van der Waals surface area contributed by atoms with E-state index in [1.807, 2.05) is 0 Å². The lowest BCUT2D eigenvalue weighted by atomic mass is 10.2. The number of aliphatic hydroxyl groups excluding tert-OH is 1. The Morgan fingerprint density at radius 2 is 1.94 bits per heavy atom. The maximum atomic E-state index is 11.8. The van der Waals surface area contributed by atoms with Crippen molar-refractivity contribution in [2.24, 2.45) is 0 Å². The van der Waals surface area contributed by atoms with Gasteiger partial charge >= 0.3 is 23.5 Å². The minimum absolute atomic E-state index is 0.0157. The smallest absolute Gasteiger partial charge is 0.390 e. The van der Waals surface area contributed by atoms with E-state index >= 15 is 0 Å². The van der Waals surface area contributed by atoms with Crippen LogP contribution >= 0.6 is 35.7 Å². The molecule has 5 atom stereocenters. The van der Waals surface area contributed by atoms with E-state index in [1.54, 1.807) is 0 Å². The summed E-state index contributed by atoms with van der Waals surface area (Å²) < 4.78 is 52.6. The first-order valence-corrected chi connectivity index (χ1v) is 12.9. The third-order valence-corrected chi connectivity index (χ3v) is 7.88. The van der Waals surface area contributed by atoms with E-state index in [0.717, 1.165) is 0 Å². The summed E-state index contributed by atoms with van der Waals surface area (Å²) in [5.41, 5.74) is 6.21. The molecule has 8 N–H and O–H groups in total. The van der Waals surface area contributed by atoms with Gasteiger partial charge in [0.05, 0.1) is 19.0 Å². The number of aromatic nitrogens is 4. The fraction of sp³-hybridized carbons (Fsp3) is 0.500. The van der Waals surface area contributed by atoms with E-state index in [1.165, 1.54) is 10.9 Å². The highest BCUT2D eigenvalue weighted by molar-refractivity contribution is 7.71. The van der Waals surface area contributed by atoms with E-state index in [4.69, 9.17) is 37.4 Å². The molecule has 3 unspecified atom stereocenters. The third-order valence-electron chi connectivity index (χ3n) is 3.78. The summed E-state index contributed by atoms with van der Waals surface area (Å²) in [6, 6.07) is 0. The van der Waals surface area contributed by atoms with Gasteiger partial charge in [-0.3, -0.25) is 9.09 Å². The molecule has 21 heteroatoms. The second-order valence-electron chi connectivity index (χ2n) is 6.09. The van der Waals surface area contributed by atoms with E-state index < -0.39 is 48.5 Å². The number of rotatable bonds is 8. The molecule has 1 aliphatic rings. The molecule has 31 heavy (non-hydrogen) atoms. The fourth-order valence-corrected chi connectivity index (χ4v) is 5.94. The van der Waals surface area contributed by atoms with Gasteiger partial charge < -0.3 is 40.1 Å². The number of aliphatic hydroxyl groups is 1. The Bertz CT molecular complexity index is 1180. The number of imidazole rings is 1. The van der Waals surface area contributed by atoms with Crippen LogP contribution in [0.25, 0.3) is 11.2 Å². The predicted molar refractivity (Wildman–Crippen MR) is 101 cm³/mol. The Kier molecular flexibility index (Phi) is 6.87. The zero-order chi connectivity index (χ0) is 23.2. The van der Waals surface area contributed by atoms with Crippen LogP contribution in [0.2, 0.25) is 0 Å². The molecule has 0 radical (unpaired) electrons. The maximum Gasteiger partial charge on any atom is 0.490 e. The molecule has 1 fully saturated rings. The number of aromatic amines is 1. The molecule has 0 bridgehead atoms. The number of phosphoric acid groups is 3. The molecule has 3 heterocycles. The van der Waals surface area contributed by atoms with Crippen LogP contribution in [-0.4, -0.2) is 63.0 Å². The van der Waals surface area contributed by atoms with Gasteiger partial charge in [-0.05, 0) is 0 Å². The number of ether oxygens (including phenoxy) is 1. The maximum absolute atomic E-state index is 11.8. The first-order valence-electron chi connectivity index (χ1n) is 8.00. The number of fused-ring (bicyclic) bond motifs is 1. The minimum Gasteiger partial charge on any atom is -0.390 e. The van der Waals surface area contributed by atoms with E-state index in [2.05, 4.69) is 28.1 Å². The summed E-state index contributed by atoms with van der Waals surface area (Å²) in [6.07, 6.45) is -1.96. The zero-order valence-electron chi connectivity index (χ0n) is 15.0. The second kappa shape index (κ2) is 8.68. The molecule has 2 aromatic rings. The molecule has 1 aliphatic heterocycles. The Labute approximate surface area is 177 Å². The average Bonchev–Trinajstić information content (AvgIpc) is 3.13. The highest BCUT2D eigenvalue weighted by Gasteiger charge is 2.43. The number of hydrogen-bond donors (Lipinski definition) is 7. The molecule has 0 saturated carbocycles. The fourth-order valence-electron chi connectivity index (χ4n) is 2.66. The lowest BCUT2D eigenvalue weighted by Gasteiger charge is -2.19. The van der Waals surface area contributed by atoms with Gasteiger partial charge in [-0.25, -0.2) is 18.7 Å². The predicted octanol–water partition coefficient (Wildman–Crippen LogP) is 0.0628. The van der Waals surface area contributed by atoms with E-state index in [-0.39, 0.29) is 22.7 Å². The van der Waals surface area contributed by atoms with Crippen LogP contribution in [0, 0.1) is 4.64 Å². The van der Waals surface area contributed by atoms with Gasteiger partial charge in [-0.15, -0.1) is 0 Å². The molecule has 3 rings (SSSR count). The topological polar surface area (TPSA) is 262 Å². The van der Waals surface area contributed by atoms with Gasteiger partial charge in [0, 0.05) is 6.42 Å². The summed E-state index contributed by atoms with van der Waals surface area (Å²) in [6.45, 7) is -0.802. The number of hydrogen-bond acceptors (Lipinski definition) is 12. The van der Waals surface area contributed by atoms with Crippen molar-refractivity contribution in [2.45, 2.75) is 24.9 Å². The second-order valence-corrected chi connectivity index (χ2v) is 10.9. The lowest BCUT2D eigenvalue weighted by molar-refractivity contribution is -0.0423. The van der Waals surface area contributed by atoms with Crippen molar-refractivity contribution in [3.63, 3.8) is 0 Å². The van der Waals surface area contributed by atoms with Crippen LogP contribution in [0.1, 0.15) is 12.6 Å². The number of phosphoric ester groups is 1. The van der Waals surface area contributed by atoms with Gasteiger partial charge in [-0.2, -0.15) is 13.6 Å². The SMILES string of the molecule is Nc1nc2c(ncn2[C@H]2CC(O)[C@@H](COP(=O)(O)OP(=O)(O)OP(=O)(O)O)O2)c(=S)[nH]1. The van der Waals surface area contributed by atoms with Crippen molar-refractivity contribution in [1.82, 2.24) is 19.5 Å². The van der Waals surface area contributed by atoms with Crippen molar-refractivity contribution in [3.05, 3.63) is 11.0 Å². The number of anilines is 1. The molecule has 17 nitrogen and oxygen atoms in total. The monoisotopic (exact) mass is 523 g/mol. The Morgan fingerprint density at radius 1 is 1.26 bits per heavy atom. The Hall–Kier alpha value is -1.10. The van der Waals surface area contributed by atoms with Crippen molar-refractivity contribution in [3.8, 4) is 0 Å². The molecular formula is C10H16N5O12P3S. The summed E-state index contributed by atoms with van der Waals surface area (Å²) in [4.78, 5) is 46.4. The van der Waals surface area contributed by atoms with Crippen LogP contribution in [0.15, 0.2) is 6.33 Å². The van der Waals surface area contributed by atoms with Gasteiger partial charge in [0.25, 0.3) is 0 Å². The largest absolute Gasteiger partial charge is 0.490 e. The Morgan fingerprint density at radius 3 is 2.58 bits per heavy atom. The van der Waals surface area contributed by atoms with Crippen LogP contribution in [0.4, 0.5) is 5.95 Å². The van der Waals surface area contributed by atoms with Gasteiger partial charge in [-0.1, -0.05) is 12.2 Å².